The summed E-state index contributed by atoms with van der Waals surface area (Å²) in [6, 6.07) is 0. The van der Waals surface area contributed by atoms with Crippen LogP contribution < -0.4 is 0 Å². The van der Waals surface area contributed by atoms with Gasteiger partial charge in [0.25, 0.3) is 0 Å². The van der Waals surface area contributed by atoms with Crippen molar-refractivity contribution in [3.05, 3.63) is 24.8 Å². The molecule has 0 heterocycles. The second kappa shape index (κ2) is 6.17. The van der Waals surface area contributed by atoms with E-state index in [1.54, 1.807) is 0 Å². The molecule has 0 saturated carbocycles. The van der Waals surface area contributed by atoms with Crippen LogP contribution in [0.2, 0.25) is 0 Å². The fourth-order valence-electron chi connectivity index (χ4n) is 0.871. The maximum atomic E-state index is 8.64. The van der Waals surface area contributed by atoms with Gasteiger partial charge in [-0.1, -0.05) is 25.2 Å². The zero-order valence-corrected chi connectivity index (χ0v) is 7.34. The van der Waals surface area contributed by atoms with Crippen molar-refractivity contribution < 1.29 is 5.11 Å². The summed E-state index contributed by atoms with van der Waals surface area (Å²) in [5.41, 5.74) is 0.932. The SMILES string of the molecule is C=CC(C)CCCC(=C)CO. The van der Waals surface area contributed by atoms with E-state index in [9.17, 15) is 0 Å². The van der Waals surface area contributed by atoms with Crippen molar-refractivity contribution in [1.82, 2.24) is 0 Å². The average molecular weight is 154 g/mol. The third-order valence-electron chi connectivity index (χ3n) is 1.82. The van der Waals surface area contributed by atoms with Crippen molar-refractivity contribution in [2.75, 3.05) is 6.61 Å². The maximum Gasteiger partial charge on any atom is 0.0639 e. The Morgan fingerprint density at radius 1 is 1.64 bits per heavy atom. The summed E-state index contributed by atoms with van der Waals surface area (Å²) in [6.45, 7) is 9.70. The number of allylic oxidation sites excluding steroid dienone is 1. The Kier molecular flexibility index (Phi) is 5.86. The van der Waals surface area contributed by atoms with E-state index in [0.29, 0.717) is 5.92 Å². The molecule has 0 saturated heterocycles. The van der Waals surface area contributed by atoms with Crippen LogP contribution >= 0.6 is 0 Å². The molecule has 0 spiro atoms. The van der Waals surface area contributed by atoms with Gasteiger partial charge < -0.3 is 5.11 Å². The Bertz CT molecular complexity index is 127. The lowest BCUT2D eigenvalue weighted by Gasteiger charge is -2.05. The minimum Gasteiger partial charge on any atom is -0.392 e. The summed E-state index contributed by atoms with van der Waals surface area (Å²) in [5, 5.41) is 8.64. The molecule has 1 heteroatoms. The summed E-state index contributed by atoms with van der Waals surface area (Å²) in [6.07, 6.45) is 5.14. The summed E-state index contributed by atoms with van der Waals surface area (Å²) in [4.78, 5) is 0. The molecule has 0 amide bonds. The minimum atomic E-state index is 0.127. The molecule has 64 valence electrons. The van der Waals surface area contributed by atoms with Crippen molar-refractivity contribution in [3.63, 3.8) is 0 Å². The van der Waals surface area contributed by atoms with Gasteiger partial charge >= 0.3 is 0 Å². The largest absolute Gasteiger partial charge is 0.392 e. The summed E-state index contributed by atoms with van der Waals surface area (Å²) < 4.78 is 0. The van der Waals surface area contributed by atoms with Gasteiger partial charge in [-0.25, -0.2) is 0 Å². The van der Waals surface area contributed by atoms with E-state index in [2.05, 4.69) is 20.1 Å². The van der Waals surface area contributed by atoms with Crippen LogP contribution in [0.5, 0.6) is 0 Å². The summed E-state index contributed by atoms with van der Waals surface area (Å²) in [5.74, 6) is 0.585. The van der Waals surface area contributed by atoms with Crippen LogP contribution in [0.4, 0.5) is 0 Å². The molecule has 1 N–H and O–H groups in total. The van der Waals surface area contributed by atoms with Crippen molar-refractivity contribution in [2.45, 2.75) is 26.2 Å². The molecule has 0 rings (SSSR count). The molecule has 1 nitrogen and oxygen atoms in total. The Morgan fingerprint density at radius 2 is 2.27 bits per heavy atom. The van der Waals surface area contributed by atoms with Crippen molar-refractivity contribution in [3.8, 4) is 0 Å². The highest BCUT2D eigenvalue weighted by molar-refractivity contribution is 4.93. The van der Waals surface area contributed by atoms with Crippen molar-refractivity contribution in [2.24, 2.45) is 5.92 Å². The normalized spacial score (nSPS) is 12.5. The molecule has 0 aromatic carbocycles. The molecule has 1 atom stereocenters. The Balaban J connectivity index is 3.26. The smallest absolute Gasteiger partial charge is 0.0639 e. The van der Waals surface area contributed by atoms with E-state index in [1.807, 2.05) is 6.08 Å². The lowest BCUT2D eigenvalue weighted by atomic mass is 10.0. The zero-order chi connectivity index (χ0) is 8.69. The molecule has 0 aliphatic carbocycles. The first-order chi connectivity index (χ1) is 5.20. The number of hydrogen-bond acceptors (Lipinski definition) is 1. The van der Waals surface area contributed by atoms with Gasteiger partial charge in [-0.15, -0.1) is 6.58 Å². The lowest BCUT2D eigenvalue weighted by Crippen LogP contribution is -1.92. The van der Waals surface area contributed by atoms with Crippen molar-refractivity contribution >= 4 is 0 Å². The van der Waals surface area contributed by atoms with Gasteiger partial charge in [-0.2, -0.15) is 0 Å². The fourth-order valence-corrected chi connectivity index (χ4v) is 0.871. The highest BCUT2D eigenvalue weighted by atomic mass is 16.3. The van der Waals surface area contributed by atoms with Gasteiger partial charge in [0.1, 0.15) is 0 Å². The van der Waals surface area contributed by atoms with E-state index in [4.69, 9.17) is 5.11 Å². The topological polar surface area (TPSA) is 20.2 Å². The quantitative estimate of drug-likeness (QED) is 0.583. The summed E-state index contributed by atoms with van der Waals surface area (Å²) >= 11 is 0. The molecule has 0 aromatic heterocycles. The number of aliphatic hydroxyl groups is 1. The van der Waals surface area contributed by atoms with Gasteiger partial charge in [0, 0.05) is 0 Å². The molecule has 0 fully saturated rings. The molecule has 0 radical (unpaired) electrons. The van der Waals surface area contributed by atoms with E-state index in [1.165, 1.54) is 0 Å². The third-order valence-corrected chi connectivity index (χ3v) is 1.82. The van der Waals surface area contributed by atoms with Gasteiger partial charge in [-0.05, 0) is 25.2 Å². The van der Waals surface area contributed by atoms with Crippen LogP contribution in [0.25, 0.3) is 0 Å². The predicted molar refractivity (Wildman–Crippen MR) is 49.4 cm³/mol. The number of hydrogen-bond donors (Lipinski definition) is 1. The third kappa shape index (κ3) is 5.86. The number of aliphatic hydroxyl groups excluding tert-OH is 1. The average Bonchev–Trinajstić information content (AvgIpc) is 2.04. The van der Waals surface area contributed by atoms with E-state index in [0.717, 1.165) is 24.8 Å². The van der Waals surface area contributed by atoms with Crippen LogP contribution in [0.3, 0.4) is 0 Å². The molecule has 0 aliphatic rings. The highest BCUT2D eigenvalue weighted by Crippen LogP contribution is 2.11. The minimum absolute atomic E-state index is 0.127. The van der Waals surface area contributed by atoms with Crippen LogP contribution in [0, 0.1) is 5.92 Å². The second-order valence-corrected chi connectivity index (χ2v) is 3.01. The predicted octanol–water partition coefficient (Wildman–Crippen LogP) is 2.53. The Labute approximate surface area is 69.4 Å². The van der Waals surface area contributed by atoms with Crippen LogP contribution in [-0.4, -0.2) is 11.7 Å². The first-order valence-corrected chi connectivity index (χ1v) is 4.10. The molecule has 11 heavy (non-hydrogen) atoms. The van der Waals surface area contributed by atoms with Crippen LogP contribution in [0.1, 0.15) is 26.2 Å². The number of rotatable bonds is 6. The molecule has 1 unspecified atom stereocenters. The Morgan fingerprint density at radius 3 is 2.73 bits per heavy atom. The summed E-state index contributed by atoms with van der Waals surface area (Å²) in [7, 11) is 0. The molecule has 0 bridgehead atoms. The molecule has 0 aliphatic heterocycles. The highest BCUT2D eigenvalue weighted by Gasteiger charge is 1.96. The van der Waals surface area contributed by atoms with E-state index in [-0.39, 0.29) is 6.61 Å². The van der Waals surface area contributed by atoms with Crippen molar-refractivity contribution in [1.29, 1.82) is 0 Å². The first kappa shape index (κ1) is 10.4. The van der Waals surface area contributed by atoms with Gasteiger partial charge in [0.15, 0.2) is 0 Å². The molecule has 0 aromatic rings. The van der Waals surface area contributed by atoms with Gasteiger partial charge in [0.05, 0.1) is 6.61 Å². The molecular formula is C10H18O. The molecular weight excluding hydrogens is 136 g/mol. The maximum absolute atomic E-state index is 8.64. The lowest BCUT2D eigenvalue weighted by molar-refractivity contribution is 0.325. The van der Waals surface area contributed by atoms with E-state index >= 15 is 0 Å². The Hall–Kier alpha value is -0.560. The second-order valence-electron chi connectivity index (χ2n) is 3.01. The van der Waals surface area contributed by atoms with E-state index < -0.39 is 0 Å². The van der Waals surface area contributed by atoms with Gasteiger partial charge in [-0.3, -0.25) is 0 Å². The van der Waals surface area contributed by atoms with Crippen LogP contribution in [-0.2, 0) is 0 Å². The monoisotopic (exact) mass is 154 g/mol. The standard InChI is InChI=1S/C10H18O/c1-4-9(2)6-5-7-10(3)8-11/h4,9,11H,1,3,5-8H2,2H3. The zero-order valence-electron chi connectivity index (χ0n) is 7.34. The van der Waals surface area contributed by atoms with Crippen LogP contribution in [0.15, 0.2) is 24.8 Å². The first-order valence-electron chi connectivity index (χ1n) is 4.10. The van der Waals surface area contributed by atoms with Gasteiger partial charge in [0.2, 0.25) is 0 Å². The fraction of sp³-hybridized carbons (Fsp3) is 0.600.